The number of anilines is 1. The third-order valence-corrected chi connectivity index (χ3v) is 8.54. The number of amides is 1. The van der Waals surface area contributed by atoms with E-state index in [1.54, 1.807) is 18.2 Å². The molecule has 0 spiro atoms. The molecule has 0 radical (unpaired) electrons. The van der Waals surface area contributed by atoms with Crippen LogP contribution in [-0.2, 0) is 12.0 Å². The van der Waals surface area contributed by atoms with Gasteiger partial charge in [-0.05, 0) is 66.1 Å². The van der Waals surface area contributed by atoms with Crippen LogP contribution in [0.3, 0.4) is 0 Å². The predicted molar refractivity (Wildman–Crippen MR) is 141 cm³/mol. The lowest BCUT2D eigenvalue weighted by molar-refractivity contribution is 0.0740. The van der Waals surface area contributed by atoms with Crippen LogP contribution in [0.15, 0.2) is 36.4 Å². The molecule has 3 aliphatic rings. The first-order chi connectivity index (χ1) is 16.3. The van der Waals surface area contributed by atoms with E-state index >= 15 is 0 Å². The van der Waals surface area contributed by atoms with Crippen LogP contribution in [0.2, 0.25) is 10.0 Å². The first-order valence-electron chi connectivity index (χ1n) is 12.7. The lowest BCUT2D eigenvalue weighted by Gasteiger charge is -2.39. The summed E-state index contributed by atoms with van der Waals surface area (Å²) in [6.07, 6.45) is 6.44. The molecule has 2 aliphatic heterocycles. The highest BCUT2D eigenvalue weighted by atomic mass is 35.5. The van der Waals surface area contributed by atoms with E-state index in [4.69, 9.17) is 23.2 Å². The molecule has 1 saturated heterocycles. The average Bonchev–Trinajstić information content (AvgIpc) is 3.31. The molecule has 1 saturated carbocycles. The molecule has 182 valence electrons. The molecule has 6 heteroatoms. The number of piperazine rings is 1. The monoisotopic (exact) mass is 499 g/mol. The molecule has 2 aromatic carbocycles. The first kappa shape index (κ1) is 24.0. The minimum Gasteiger partial charge on any atom is -0.369 e. The van der Waals surface area contributed by atoms with Gasteiger partial charge in [-0.1, -0.05) is 56.0 Å². The number of carbonyl (C=O) groups is 1. The lowest BCUT2D eigenvalue weighted by Crippen LogP contribution is -2.49. The van der Waals surface area contributed by atoms with Gasteiger partial charge in [0.15, 0.2) is 0 Å². The van der Waals surface area contributed by atoms with E-state index in [1.807, 2.05) is 4.90 Å². The third kappa shape index (κ3) is 4.96. The number of nitrogens with zero attached hydrogens (tertiary/aromatic N) is 3. The number of hydrogen-bond acceptors (Lipinski definition) is 3. The Kier molecular flexibility index (Phi) is 6.85. The Hall–Kier alpha value is -1.75. The molecule has 34 heavy (non-hydrogen) atoms. The topological polar surface area (TPSA) is 26.8 Å². The van der Waals surface area contributed by atoms with Gasteiger partial charge >= 0.3 is 0 Å². The van der Waals surface area contributed by atoms with Crippen molar-refractivity contribution in [1.82, 2.24) is 9.80 Å². The van der Waals surface area contributed by atoms with Crippen molar-refractivity contribution < 1.29 is 4.79 Å². The summed E-state index contributed by atoms with van der Waals surface area (Å²) in [7, 11) is 0. The van der Waals surface area contributed by atoms with Crippen molar-refractivity contribution in [2.75, 3.05) is 37.6 Å². The molecule has 0 aromatic heterocycles. The largest absolute Gasteiger partial charge is 0.369 e. The second-order valence-electron chi connectivity index (χ2n) is 10.8. The summed E-state index contributed by atoms with van der Waals surface area (Å²) < 4.78 is 0. The molecule has 0 atom stereocenters. The number of benzene rings is 2. The van der Waals surface area contributed by atoms with Crippen molar-refractivity contribution in [1.29, 1.82) is 0 Å². The highest BCUT2D eigenvalue weighted by Crippen LogP contribution is 2.37. The third-order valence-electron chi connectivity index (χ3n) is 8.10. The Labute approximate surface area is 213 Å². The average molecular weight is 501 g/mol. The molecule has 0 bridgehead atoms. The van der Waals surface area contributed by atoms with E-state index in [0.29, 0.717) is 28.7 Å². The number of fused-ring (bicyclic) bond motifs is 1. The molecule has 0 N–H and O–H groups in total. The van der Waals surface area contributed by atoms with E-state index in [-0.39, 0.29) is 11.3 Å². The molecule has 5 rings (SSSR count). The van der Waals surface area contributed by atoms with E-state index < -0.39 is 0 Å². The fraction of sp³-hybridized carbons (Fsp3) is 0.536. The van der Waals surface area contributed by atoms with Crippen molar-refractivity contribution in [2.24, 2.45) is 0 Å². The van der Waals surface area contributed by atoms with Crippen LogP contribution in [-0.4, -0.2) is 54.5 Å². The zero-order chi connectivity index (χ0) is 23.9. The summed E-state index contributed by atoms with van der Waals surface area (Å²) in [5, 5.41) is 0.982. The minimum atomic E-state index is -0.0105. The fourth-order valence-electron chi connectivity index (χ4n) is 6.05. The van der Waals surface area contributed by atoms with Gasteiger partial charge in [0.05, 0.1) is 0 Å². The van der Waals surface area contributed by atoms with Gasteiger partial charge in [0, 0.05) is 66.6 Å². The van der Waals surface area contributed by atoms with Gasteiger partial charge in [0.2, 0.25) is 0 Å². The molecular weight excluding hydrogens is 465 g/mol. The molecular formula is C28H35Cl2N3O. The summed E-state index contributed by atoms with van der Waals surface area (Å²) in [6.45, 7) is 10.3. The van der Waals surface area contributed by atoms with Crippen molar-refractivity contribution in [2.45, 2.75) is 64.0 Å². The Morgan fingerprint density at radius 3 is 2.26 bits per heavy atom. The van der Waals surface area contributed by atoms with Crippen molar-refractivity contribution in [3.05, 3.63) is 63.1 Å². The van der Waals surface area contributed by atoms with Gasteiger partial charge in [0.25, 0.3) is 5.91 Å². The number of rotatable bonds is 3. The number of carbonyl (C=O) groups excluding carboxylic acids is 1. The quantitative estimate of drug-likeness (QED) is 0.489. The van der Waals surface area contributed by atoms with Crippen molar-refractivity contribution >= 4 is 34.8 Å². The van der Waals surface area contributed by atoms with Crippen LogP contribution < -0.4 is 4.90 Å². The minimum absolute atomic E-state index is 0.00996. The highest BCUT2D eigenvalue weighted by molar-refractivity contribution is 6.35. The highest BCUT2D eigenvalue weighted by Gasteiger charge is 2.32. The van der Waals surface area contributed by atoms with Crippen LogP contribution >= 0.6 is 23.2 Å². The molecule has 2 heterocycles. The molecule has 1 aliphatic carbocycles. The summed E-state index contributed by atoms with van der Waals surface area (Å²) in [5.74, 6) is -0.0105. The molecule has 2 fully saturated rings. The maximum atomic E-state index is 13.4. The van der Waals surface area contributed by atoms with E-state index in [2.05, 4.69) is 41.8 Å². The van der Waals surface area contributed by atoms with Gasteiger partial charge in [0.1, 0.15) is 0 Å². The van der Waals surface area contributed by atoms with Gasteiger partial charge in [-0.3, -0.25) is 9.69 Å². The lowest BCUT2D eigenvalue weighted by atomic mass is 9.80. The zero-order valence-electron chi connectivity index (χ0n) is 20.3. The second kappa shape index (κ2) is 9.72. The van der Waals surface area contributed by atoms with Crippen LogP contribution in [0.1, 0.15) is 67.4 Å². The maximum absolute atomic E-state index is 13.4. The van der Waals surface area contributed by atoms with E-state index in [0.717, 1.165) is 38.6 Å². The van der Waals surface area contributed by atoms with Crippen LogP contribution in [0, 0.1) is 0 Å². The Morgan fingerprint density at radius 2 is 1.59 bits per heavy atom. The molecule has 0 unspecified atom stereocenters. The van der Waals surface area contributed by atoms with Gasteiger partial charge in [-0.25, -0.2) is 0 Å². The SMILES string of the molecule is CC1(C)CCN(C(=O)c2cc(Cl)cc(Cl)c2)Cc2cc(N3CCN(C4CCCC4)CC3)ccc21. The number of hydrogen-bond donors (Lipinski definition) is 0. The predicted octanol–water partition coefficient (Wildman–Crippen LogP) is 6.38. The number of halogens is 2. The maximum Gasteiger partial charge on any atom is 0.254 e. The smallest absolute Gasteiger partial charge is 0.254 e. The molecule has 1 amide bonds. The molecule has 2 aromatic rings. The van der Waals surface area contributed by atoms with E-state index in [1.165, 1.54) is 42.5 Å². The first-order valence-corrected chi connectivity index (χ1v) is 13.4. The molecule has 4 nitrogen and oxygen atoms in total. The van der Waals surface area contributed by atoms with Crippen molar-refractivity contribution in [3.63, 3.8) is 0 Å². The Morgan fingerprint density at radius 1 is 0.912 bits per heavy atom. The van der Waals surface area contributed by atoms with Crippen LogP contribution in [0.5, 0.6) is 0 Å². The van der Waals surface area contributed by atoms with Crippen molar-refractivity contribution in [3.8, 4) is 0 Å². The second-order valence-corrected chi connectivity index (χ2v) is 11.7. The Balaban J connectivity index is 1.36. The van der Waals surface area contributed by atoms with E-state index in [9.17, 15) is 4.79 Å². The fourth-order valence-corrected chi connectivity index (χ4v) is 6.58. The summed E-state index contributed by atoms with van der Waals surface area (Å²) in [6, 6.07) is 12.8. The van der Waals surface area contributed by atoms with Gasteiger partial charge in [-0.15, -0.1) is 0 Å². The zero-order valence-corrected chi connectivity index (χ0v) is 21.8. The normalized spacial score (nSPS) is 21.4. The summed E-state index contributed by atoms with van der Waals surface area (Å²) >= 11 is 12.4. The summed E-state index contributed by atoms with van der Waals surface area (Å²) in [4.78, 5) is 20.6. The Bertz CT molecular complexity index is 1040. The van der Waals surface area contributed by atoms with Crippen LogP contribution in [0.25, 0.3) is 0 Å². The summed E-state index contributed by atoms with van der Waals surface area (Å²) in [5.41, 5.74) is 4.44. The standard InChI is InChI=1S/C28H35Cl2N3O/c1-28(2)9-10-33(27(34)20-15-22(29)18-23(30)16-20)19-21-17-25(7-8-26(21)28)32-13-11-31(12-14-32)24-5-3-4-6-24/h7-8,15-18,24H,3-6,9-14,19H2,1-2H3. The van der Waals surface area contributed by atoms with Gasteiger partial charge in [-0.2, -0.15) is 0 Å². The van der Waals surface area contributed by atoms with Gasteiger partial charge < -0.3 is 9.80 Å². The van der Waals surface area contributed by atoms with Crippen LogP contribution in [0.4, 0.5) is 5.69 Å².